The lowest BCUT2D eigenvalue weighted by molar-refractivity contribution is 0.0951. The fraction of sp³-hybridized carbons (Fsp3) is 0.0588. The molecule has 3 nitrogen and oxygen atoms in total. The van der Waals surface area contributed by atoms with Crippen LogP contribution in [0.25, 0.3) is 10.9 Å². The molecule has 22 heavy (non-hydrogen) atoms. The minimum Gasteiger partial charge on any atom is -0.348 e. The van der Waals surface area contributed by atoms with Crippen LogP contribution in [0.1, 0.15) is 15.9 Å². The summed E-state index contributed by atoms with van der Waals surface area (Å²) in [6.45, 7) is 0.271. The smallest absolute Gasteiger partial charge is 0.251 e. The van der Waals surface area contributed by atoms with Gasteiger partial charge in [0.05, 0.1) is 5.52 Å². The standard InChI is InChI=1S/C17H12ClFN2O/c18-16-7-5-12-9-13(4-6-15(12)21-16)17(22)20-10-11-2-1-3-14(19)8-11/h1-9H,10H2,(H,20,22). The van der Waals surface area contributed by atoms with E-state index >= 15 is 0 Å². The van der Waals surface area contributed by atoms with E-state index in [9.17, 15) is 9.18 Å². The Bertz CT molecular complexity index is 851. The van der Waals surface area contributed by atoms with Gasteiger partial charge in [-0.15, -0.1) is 0 Å². The van der Waals surface area contributed by atoms with E-state index in [1.54, 1.807) is 36.4 Å². The molecule has 0 unspecified atom stereocenters. The van der Waals surface area contributed by atoms with Crippen LogP contribution in [0.5, 0.6) is 0 Å². The molecule has 0 atom stereocenters. The number of carbonyl (C=O) groups is 1. The van der Waals surface area contributed by atoms with Crippen molar-refractivity contribution in [1.29, 1.82) is 0 Å². The predicted molar refractivity (Wildman–Crippen MR) is 84.3 cm³/mol. The maximum Gasteiger partial charge on any atom is 0.251 e. The van der Waals surface area contributed by atoms with Crippen molar-refractivity contribution in [3.05, 3.63) is 76.7 Å². The number of hydrogen-bond acceptors (Lipinski definition) is 2. The molecule has 0 bridgehead atoms. The van der Waals surface area contributed by atoms with E-state index < -0.39 is 0 Å². The Morgan fingerprint density at radius 1 is 1.14 bits per heavy atom. The minimum atomic E-state index is -0.319. The van der Waals surface area contributed by atoms with Crippen molar-refractivity contribution < 1.29 is 9.18 Å². The summed E-state index contributed by atoms with van der Waals surface area (Å²) in [6.07, 6.45) is 0. The van der Waals surface area contributed by atoms with Gasteiger partial charge in [0.2, 0.25) is 0 Å². The normalized spacial score (nSPS) is 10.6. The molecule has 1 aromatic heterocycles. The van der Waals surface area contributed by atoms with E-state index in [0.29, 0.717) is 16.3 Å². The summed E-state index contributed by atoms with van der Waals surface area (Å²) in [5.41, 5.74) is 1.96. The topological polar surface area (TPSA) is 42.0 Å². The maximum atomic E-state index is 13.1. The molecule has 1 heterocycles. The second-order valence-corrected chi connectivity index (χ2v) is 5.24. The van der Waals surface area contributed by atoms with Crippen LogP contribution < -0.4 is 5.32 Å². The number of rotatable bonds is 3. The molecule has 3 aromatic rings. The molecular weight excluding hydrogens is 303 g/mol. The van der Waals surface area contributed by atoms with Crippen LogP contribution >= 0.6 is 11.6 Å². The molecule has 0 spiro atoms. The summed E-state index contributed by atoms with van der Waals surface area (Å²) < 4.78 is 13.1. The summed E-state index contributed by atoms with van der Waals surface area (Å²) >= 11 is 5.83. The number of nitrogens with one attached hydrogen (secondary N) is 1. The molecule has 0 aliphatic rings. The van der Waals surface area contributed by atoms with Gasteiger partial charge in [-0.3, -0.25) is 4.79 Å². The van der Waals surface area contributed by atoms with Crippen molar-refractivity contribution in [3.8, 4) is 0 Å². The highest BCUT2D eigenvalue weighted by molar-refractivity contribution is 6.29. The van der Waals surface area contributed by atoms with E-state index in [4.69, 9.17) is 11.6 Å². The Labute approximate surface area is 131 Å². The highest BCUT2D eigenvalue weighted by Crippen LogP contribution is 2.17. The van der Waals surface area contributed by atoms with Gasteiger partial charge in [0.25, 0.3) is 5.91 Å². The molecule has 0 fully saturated rings. The van der Waals surface area contributed by atoms with Crippen LogP contribution in [0, 0.1) is 5.82 Å². The molecule has 2 aromatic carbocycles. The van der Waals surface area contributed by atoms with Crippen molar-refractivity contribution in [2.24, 2.45) is 0 Å². The summed E-state index contributed by atoms with van der Waals surface area (Å²) in [4.78, 5) is 16.3. The van der Waals surface area contributed by atoms with Crippen LogP contribution in [0.2, 0.25) is 5.15 Å². The first-order valence-corrected chi connectivity index (χ1v) is 7.08. The molecule has 3 rings (SSSR count). The third-order valence-corrected chi connectivity index (χ3v) is 3.47. The van der Waals surface area contributed by atoms with Gasteiger partial charge in [0.1, 0.15) is 11.0 Å². The van der Waals surface area contributed by atoms with Crippen LogP contribution in [-0.2, 0) is 6.54 Å². The Morgan fingerprint density at radius 2 is 2.00 bits per heavy atom. The lowest BCUT2D eigenvalue weighted by Crippen LogP contribution is -2.22. The lowest BCUT2D eigenvalue weighted by Gasteiger charge is -2.06. The second kappa shape index (κ2) is 6.12. The molecule has 0 aliphatic carbocycles. The first kappa shape index (κ1) is 14.5. The third-order valence-electron chi connectivity index (χ3n) is 3.26. The Kier molecular flexibility index (Phi) is 4.02. The monoisotopic (exact) mass is 314 g/mol. The van der Waals surface area contributed by atoms with E-state index in [-0.39, 0.29) is 18.3 Å². The fourth-order valence-corrected chi connectivity index (χ4v) is 2.33. The van der Waals surface area contributed by atoms with Crippen LogP contribution in [0.3, 0.4) is 0 Å². The van der Waals surface area contributed by atoms with Crippen molar-refractivity contribution in [1.82, 2.24) is 10.3 Å². The van der Waals surface area contributed by atoms with Gasteiger partial charge >= 0.3 is 0 Å². The van der Waals surface area contributed by atoms with Crippen molar-refractivity contribution in [3.63, 3.8) is 0 Å². The predicted octanol–water partition coefficient (Wildman–Crippen LogP) is 3.96. The molecular formula is C17H12ClFN2O. The first-order valence-electron chi connectivity index (χ1n) is 6.71. The van der Waals surface area contributed by atoms with Gasteiger partial charge in [0.15, 0.2) is 0 Å². The van der Waals surface area contributed by atoms with Crippen LogP contribution in [0.4, 0.5) is 4.39 Å². The molecule has 1 N–H and O–H groups in total. The first-order chi connectivity index (χ1) is 10.6. The van der Waals surface area contributed by atoms with Crippen molar-refractivity contribution in [2.75, 3.05) is 0 Å². The average Bonchev–Trinajstić information content (AvgIpc) is 2.52. The molecule has 1 amide bonds. The van der Waals surface area contributed by atoms with Crippen molar-refractivity contribution in [2.45, 2.75) is 6.54 Å². The number of hydrogen-bond donors (Lipinski definition) is 1. The Morgan fingerprint density at radius 3 is 2.82 bits per heavy atom. The van der Waals surface area contributed by atoms with Gasteiger partial charge in [-0.25, -0.2) is 9.37 Å². The highest BCUT2D eigenvalue weighted by Gasteiger charge is 2.07. The lowest BCUT2D eigenvalue weighted by atomic mass is 10.1. The summed E-state index contributed by atoms with van der Waals surface area (Å²) in [7, 11) is 0. The molecule has 5 heteroatoms. The quantitative estimate of drug-likeness (QED) is 0.744. The average molecular weight is 315 g/mol. The maximum absolute atomic E-state index is 13.1. The summed E-state index contributed by atoms with van der Waals surface area (Å²) in [5, 5.41) is 4.02. The Hall–Kier alpha value is -2.46. The zero-order chi connectivity index (χ0) is 15.5. The van der Waals surface area contributed by atoms with E-state index in [0.717, 1.165) is 10.9 Å². The fourth-order valence-electron chi connectivity index (χ4n) is 2.17. The van der Waals surface area contributed by atoms with Gasteiger partial charge in [-0.2, -0.15) is 0 Å². The number of benzene rings is 2. The van der Waals surface area contributed by atoms with Gasteiger partial charge in [-0.1, -0.05) is 23.7 Å². The van der Waals surface area contributed by atoms with Crippen LogP contribution in [-0.4, -0.2) is 10.9 Å². The minimum absolute atomic E-state index is 0.221. The number of fused-ring (bicyclic) bond motifs is 1. The highest BCUT2D eigenvalue weighted by atomic mass is 35.5. The van der Waals surface area contributed by atoms with Crippen molar-refractivity contribution >= 4 is 28.4 Å². The number of carbonyl (C=O) groups excluding carboxylic acids is 1. The van der Waals surface area contributed by atoms with Gasteiger partial charge in [-0.05, 0) is 48.0 Å². The second-order valence-electron chi connectivity index (χ2n) is 4.85. The molecule has 0 aliphatic heterocycles. The largest absolute Gasteiger partial charge is 0.348 e. The number of halogens is 2. The molecule has 110 valence electrons. The molecule has 0 saturated heterocycles. The zero-order valence-electron chi connectivity index (χ0n) is 11.5. The Balaban J connectivity index is 1.76. The van der Waals surface area contributed by atoms with Crippen LogP contribution in [0.15, 0.2) is 54.6 Å². The number of nitrogens with zero attached hydrogens (tertiary/aromatic N) is 1. The SMILES string of the molecule is O=C(NCc1cccc(F)c1)c1ccc2nc(Cl)ccc2c1. The summed E-state index contributed by atoms with van der Waals surface area (Å²) in [6, 6.07) is 14.8. The number of pyridine rings is 1. The van der Waals surface area contributed by atoms with E-state index in [1.165, 1.54) is 12.1 Å². The zero-order valence-corrected chi connectivity index (χ0v) is 12.3. The number of aromatic nitrogens is 1. The molecule has 0 saturated carbocycles. The summed E-state index contributed by atoms with van der Waals surface area (Å²) in [5.74, 6) is -0.540. The van der Waals surface area contributed by atoms with E-state index in [1.807, 2.05) is 6.07 Å². The van der Waals surface area contributed by atoms with Gasteiger partial charge in [0, 0.05) is 17.5 Å². The molecule has 0 radical (unpaired) electrons. The van der Waals surface area contributed by atoms with E-state index in [2.05, 4.69) is 10.3 Å². The third kappa shape index (κ3) is 3.23. The number of amides is 1. The van der Waals surface area contributed by atoms with Gasteiger partial charge < -0.3 is 5.32 Å².